The summed E-state index contributed by atoms with van der Waals surface area (Å²) in [6, 6.07) is 1.72. The average molecular weight is 250 g/mol. The van der Waals surface area contributed by atoms with Crippen molar-refractivity contribution in [2.24, 2.45) is 5.41 Å². The Morgan fingerprint density at radius 3 is 2.61 bits per heavy atom. The maximum atomic E-state index is 2.86. The summed E-state index contributed by atoms with van der Waals surface area (Å²) in [4.78, 5) is 5.62. The molecule has 2 atom stereocenters. The van der Waals surface area contributed by atoms with Crippen molar-refractivity contribution in [2.45, 2.75) is 70.9 Å². The van der Waals surface area contributed by atoms with E-state index in [1.54, 1.807) is 0 Å². The van der Waals surface area contributed by atoms with Crippen molar-refractivity contribution in [1.29, 1.82) is 0 Å². The number of rotatable bonds is 3. The van der Waals surface area contributed by atoms with E-state index in [1.165, 1.54) is 71.1 Å². The van der Waals surface area contributed by atoms with Crippen LogP contribution in [0.3, 0.4) is 0 Å². The Morgan fingerprint density at radius 1 is 1.11 bits per heavy atom. The van der Waals surface area contributed by atoms with Gasteiger partial charge in [-0.05, 0) is 44.1 Å². The molecule has 2 unspecified atom stereocenters. The highest BCUT2D eigenvalue weighted by atomic mass is 15.3. The van der Waals surface area contributed by atoms with Crippen molar-refractivity contribution in [1.82, 2.24) is 9.80 Å². The highest BCUT2D eigenvalue weighted by Crippen LogP contribution is 2.39. The van der Waals surface area contributed by atoms with Crippen LogP contribution in [0.25, 0.3) is 0 Å². The van der Waals surface area contributed by atoms with Gasteiger partial charge in [0.25, 0.3) is 0 Å². The molecular formula is C16H30N2. The molecule has 0 aromatic carbocycles. The monoisotopic (exact) mass is 250 g/mol. The molecular weight excluding hydrogens is 220 g/mol. The molecule has 3 fully saturated rings. The molecule has 1 aliphatic carbocycles. The van der Waals surface area contributed by atoms with Crippen molar-refractivity contribution in [3.63, 3.8) is 0 Å². The zero-order chi connectivity index (χ0) is 12.6. The topological polar surface area (TPSA) is 6.48 Å². The Bertz CT molecular complexity index is 283. The molecule has 2 saturated heterocycles. The summed E-state index contributed by atoms with van der Waals surface area (Å²) in [5.41, 5.74) is 0.633. The quantitative estimate of drug-likeness (QED) is 0.759. The van der Waals surface area contributed by atoms with Gasteiger partial charge in [0.15, 0.2) is 0 Å². The Balaban J connectivity index is 1.65. The van der Waals surface area contributed by atoms with Gasteiger partial charge in [-0.1, -0.05) is 26.7 Å². The van der Waals surface area contributed by atoms with E-state index >= 15 is 0 Å². The number of hydrogen-bond acceptors (Lipinski definition) is 2. The SMILES string of the molecule is CCC1CN2CCCC2CN1CC1(C)CCCC1. The number of nitrogens with zero attached hydrogens (tertiary/aromatic N) is 2. The second-order valence-corrected chi connectivity index (χ2v) is 7.30. The highest BCUT2D eigenvalue weighted by Gasteiger charge is 2.39. The minimum absolute atomic E-state index is 0.633. The first-order chi connectivity index (χ1) is 8.70. The van der Waals surface area contributed by atoms with Gasteiger partial charge in [-0.3, -0.25) is 9.80 Å². The van der Waals surface area contributed by atoms with Crippen molar-refractivity contribution in [3.05, 3.63) is 0 Å². The molecule has 0 amide bonds. The first-order valence-electron chi connectivity index (χ1n) is 8.18. The molecule has 2 aliphatic heterocycles. The van der Waals surface area contributed by atoms with Gasteiger partial charge in [0.1, 0.15) is 0 Å². The van der Waals surface area contributed by atoms with E-state index in [2.05, 4.69) is 23.6 Å². The van der Waals surface area contributed by atoms with Crippen molar-refractivity contribution in [3.8, 4) is 0 Å². The van der Waals surface area contributed by atoms with Crippen LogP contribution in [0.4, 0.5) is 0 Å². The molecule has 1 saturated carbocycles. The van der Waals surface area contributed by atoms with E-state index in [-0.39, 0.29) is 0 Å². The van der Waals surface area contributed by atoms with E-state index in [0.29, 0.717) is 5.41 Å². The van der Waals surface area contributed by atoms with Crippen LogP contribution in [0.15, 0.2) is 0 Å². The van der Waals surface area contributed by atoms with E-state index in [9.17, 15) is 0 Å². The molecule has 0 N–H and O–H groups in total. The molecule has 0 aromatic rings. The third-order valence-corrected chi connectivity index (χ3v) is 5.77. The van der Waals surface area contributed by atoms with E-state index in [0.717, 1.165) is 12.1 Å². The minimum atomic E-state index is 0.633. The molecule has 0 radical (unpaired) electrons. The summed E-state index contributed by atoms with van der Waals surface area (Å²) in [5, 5.41) is 0. The lowest BCUT2D eigenvalue weighted by molar-refractivity contribution is 0.0220. The van der Waals surface area contributed by atoms with Gasteiger partial charge in [-0.15, -0.1) is 0 Å². The van der Waals surface area contributed by atoms with Crippen LogP contribution in [0.5, 0.6) is 0 Å². The predicted octanol–water partition coefficient (Wildman–Crippen LogP) is 3.13. The first kappa shape index (κ1) is 12.9. The van der Waals surface area contributed by atoms with Gasteiger partial charge in [0.2, 0.25) is 0 Å². The molecule has 104 valence electrons. The van der Waals surface area contributed by atoms with Crippen molar-refractivity contribution >= 4 is 0 Å². The highest BCUT2D eigenvalue weighted by molar-refractivity contribution is 4.94. The van der Waals surface area contributed by atoms with E-state index in [1.807, 2.05) is 0 Å². The Morgan fingerprint density at radius 2 is 1.89 bits per heavy atom. The first-order valence-corrected chi connectivity index (χ1v) is 8.18. The van der Waals surface area contributed by atoms with Crippen LogP contribution in [0.1, 0.15) is 58.8 Å². The number of fused-ring (bicyclic) bond motifs is 1. The van der Waals surface area contributed by atoms with Crippen molar-refractivity contribution < 1.29 is 0 Å². The third kappa shape index (κ3) is 2.46. The minimum Gasteiger partial charge on any atom is -0.298 e. The fraction of sp³-hybridized carbons (Fsp3) is 1.00. The summed E-state index contributed by atoms with van der Waals surface area (Å²) in [5.74, 6) is 0. The Kier molecular flexibility index (Phi) is 3.68. The van der Waals surface area contributed by atoms with Crippen molar-refractivity contribution in [2.75, 3.05) is 26.2 Å². The fourth-order valence-corrected chi connectivity index (χ4v) is 4.61. The van der Waals surface area contributed by atoms with Gasteiger partial charge >= 0.3 is 0 Å². The van der Waals surface area contributed by atoms with Crippen LogP contribution in [0.2, 0.25) is 0 Å². The smallest absolute Gasteiger partial charge is 0.0224 e. The van der Waals surface area contributed by atoms with Crippen LogP contribution in [0, 0.1) is 5.41 Å². The van der Waals surface area contributed by atoms with Gasteiger partial charge < -0.3 is 0 Å². The second kappa shape index (κ2) is 5.13. The van der Waals surface area contributed by atoms with Gasteiger partial charge in [0.05, 0.1) is 0 Å². The normalized spacial score (nSPS) is 37.0. The maximum absolute atomic E-state index is 2.86. The molecule has 0 bridgehead atoms. The molecule has 2 heteroatoms. The summed E-state index contributed by atoms with van der Waals surface area (Å²) in [7, 11) is 0. The zero-order valence-electron chi connectivity index (χ0n) is 12.3. The standard InChI is InChI=1S/C16H30N2/c1-3-14-11-17-10-6-7-15(17)12-18(14)13-16(2)8-4-5-9-16/h14-15H,3-13H2,1-2H3. The third-order valence-electron chi connectivity index (χ3n) is 5.77. The van der Waals surface area contributed by atoms with Crippen LogP contribution in [-0.2, 0) is 0 Å². The van der Waals surface area contributed by atoms with Crippen LogP contribution in [-0.4, -0.2) is 48.1 Å². The van der Waals surface area contributed by atoms with Gasteiger partial charge in [-0.25, -0.2) is 0 Å². The number of piperazine rings is 1. The number of hydrogen-bond donors (Lipinski definition) is 0. The molecule has 2 heterocycles. The zero-order valence-corrected chi connectivity index (χ0v) is 12.3. The van der Waals surface area contributed by atoms with Gasteiger partial charge in [0, 0.05) is 31.7 Å². The predicted molar refractivity (Wildman–Crippen MR) is 76.8 cm³/mol. The lowest BCUT2D eigenvalue weighted by Crippen LogP contribution is -2.57. The second-order valence-electron chi connectivity index (χ2n) is 7.30. The Hall–Kier alpha value is -0.0800. The molecule has 18 heavy (non-hydrogen) atoms. The van der Waals surface area contributed by atoms with E-state index in [4.69, 9.17) is 0 Å². The molecule has 0 aromatic heterocycles. The summed E-state index contributed by atoms with van der Waals surface area (Å²) in [6.45, 7) is 10.4. The Labute approximate surface area is 113 Å². The lowest BCUT2D eigenvalue weighted by atomic mass is 9.87. The average Bonchev–Trinajstić information content (AvgIpc) is 2.96. The molecule has 3 aliphatic rings. The lowest BCUT2D eigenvalue weighted by Gasteiger charge is -2.46. The molecule has 2 nitrogen and oxygen atoms in total. The summed E-state index contributed by atoms with van der Waals surface area (Å²) < 4.78 is 0. The van der Waals surface area contributed by atoms with Crippen LogP contribution < -0.4 is 0 Å². The molecule has 3 rings (SSSR count). The van der Waals surface area contributed by atoms with E-state index < -0.39 is 0 Å². The molecule has 0 spiro atoms. The fourth-order valence-electron chi connectivity index (χ4n) is 4.61. The summed E-state index contributed by atoms with van der Waals surface area (Å²) in [6.07, 6.45) is 10.1. The largest absolute Gasteiger partial charge is 0.298 e. The maximum Gasteiger partial charge on any atom is 0.0224 e. The summed E-state index contributed by atoms with van der Waals surface area (Å²) >= 11 is 0. The van der Waals surface area contributed by atoms with Crippen LogP contribution >= 0.6 is 0 Å². The van der Waals surface area contributed by atoms with Gasteiger partial charge in [-0.2, -0.15) is 0 Å².